The van der Waals surface area contributed by atoms with Gasteiger partial charge in [-0.1, -0.05) is 55.8 Å². The fourth-order valence-electron chi connectivity index (χ4n) is 2.58. The summed E-state index contributed by atoms with van der Waals surface area (Å²) >= 11 is 0. The van der Waals surface area contributed by atoms with Gasteiger partial charge in [-0.05, 0) is 34.4 Å². The van der Waals surface area contributed by atoms with Crippen molar-refractivity contribution in [2.45, 2.75) is 25.7 Å². The van der Waals surface area contributed by atoms with Crippen LogP contribution in [0.25, 0.3) is 10.8 Å². The molecular weight excluding hydrogens is 199 g/mol. The molecule has 1 aliphatic carbocycles. The van der Waals surface area contributed by atoms with Gasteiger partial charge in [-0.3, -0.25) is 0 Å². The van der Waals surface area contributed by atoms with Gasteiger partial charge in [0.2, 0.25) is 0 Å². The molecule has 1 heteroatoms. The van der Waals surface area contributed by atoms with Crippen molar-refractivity contribution in [2.24, 2.45) is 0 Å². The summed E-state index contributed by atoms with van der Waals surface area (Å²) in [6.45, 7) is 2.24. The van der Waals surface area contributed by atoms with E-state index in [1.54, 1.807) is 0 Å². The second-order valence-electron chi connectivity index (χ2n) is 4.46. The van der Waals surface area contributed by atoms with Crippen LogP contribution in [0.4, 0.5) is 0 Å². The second kappa shape index (κ2) is 5.13. The van der Waals surface area contributed by atoms with E-state index in [4.69, 9.17) is 0 Å². The predicted octanol–water partition coefficient (Wildman–Crippen LogP) is 3.80. The number of benzene rings is 2. The van der Waals surface area contributed by atoms with Crippen molar-refractivity contribution in [1.82, 2.24) is 0 Å². The van der Waals surface area contributed by atoms with Gasteiger partial charge < -0.3 is 0 Å². The third-order valence-corrected chi connectivity index (χ3v) is 3.39. The number of allylic oxidation sites excluding steroid dienone is 1. The molecule has 0 saturated heterocycles. The molecule has 0 saturated carbocycles. The van der Waals surface area contributed by atoms with Crippen molar-refractivity contribution in [2.75, 3.05) is 0 Å². The molecule has 1 atom stereocenters. The van der Waals surface area contributed by atoms with E-state index in [0.717, 1.165) is 0 Å². The number of rotatable bonds is 2. The maximum absolute atomic E-state index is 3.45. The number of fused-ring (bicyclic) bond motifs is 3. The van der Waals surface area contributed by atoms with Gasteiger partial charge in [-0.2, -0.15) is 0 Å². The molecule has 17 heavy (non-hydrogen) atoms. The Hall–Kier alpha value is -0.963. The molecule has 0 amide bonds. The second-order valence-corrected chi connectivity index (χ2v) is 4.46. The van der Waals surface area contributed by atoms with Crippen LogP contribution in [0.5, 0.6) is 0 Å². The Morgan fingerprint density at radius 1 is 1.12 bits per heavy atom. The van der Waals surface area contributed by atoms with Crippen LogP contribution in [-0.2, 0) is 0 Å². The van der Waals surface area contributed by atoms with Gasteiger partial charge in [0, 0.05) is 5.92 Å². The van der Waals surface area contributed by atoms with Crippen molar-refractivity contribution >= 4 is 29.6 Å². The Morgan fingerprint density at radius 2 is 1.94 bits per heavy atom. The third kappa shape index (κ3) is 2.08. The molecular formula is C16H16Li. The molecule has 0 aromatic heterocycles. The summed E-state index contributed by atoms with van der Waals surface area (Å²) in [6.07, 6.45) is 8.16. The monoisotopic (exact) mass is 215 g/mol. The van der Waals surface area contributed by atoms with E-state index < -0.39 is 0 Å². The zero-order valence-corrected chi connectivity index (χ0v) is 9.53. The van der Waals surface area contributed by atoms with Crippen LogP contribution < -0.4 is 0 Å². The fourth-order valence-corrected chi connectivity index (χ4v) is 2.58. The van der Waals surface area contributed by atoms with Gasteiger partial charge in [-0.15, -0.1) is 0 Å². The van der Waals surface area contributed by atoms with Crippen LogP contribution in [0, 0.1) is 6.08 Å². The topological polar surface area (TPSA) is 0 Å². The molecule has 0 nitrogen and oxygen atoms in total. The van der Waals surface area contributed by atoms with Gasteiger partial charge in [0.1, 0.15) is 0 Å². The number of hydrogen-bond donors (Lipinski definition) is 0. The zero-order valence-electron chi connectivity index (χ0n) is 9.53. The summed E-state index contributed by atoms with van der Waals surface area (Å²) in [4.78, 5) is 0. The maximum atomic E-state index is 3.45. The summed E-state index contributed by atoms with van der Waals surface area (Å²) < 4.78 is 0. The fraction of sp³-hybridized carbons (Fsp3) is 0.250. The van der Waals surface area contributed by atoms with E-state index >= 15 is 0 Å². The van der Waals surface area contributed by atoms with Crippen LogP contribution in [0.2, 0.25) is 0 Å². The van der Waals surface area contributed by atoms with Crippen molar-refractivity contribution in [1.29, 1.82) is 0 Å². The standard InChI is InChI=1S/C16H15.Li.H/c1-2-5-12-9-11-16-14-7-4-3-6-13(14)8-10-15(12)16;;/h3-4,6-10,12H,2,5H2,1H3;;. The van der Waals surface area contributed by atoms with E-state index in [1.165, 1.54) is 34.7 Å². The Balaban J connectivity index is 0.00000108. The molecule has 0 aliphatic heterocycles. The summed E-state index contributed by atoms with van der Waals surface area (Å²) in [7, 11) is 0. The molecule has 1 aliphatic rings. The molecule has 1 radical (unpaired) electrons. The van der Waals surface area contributed by atoms with E-state index in [9.17, 15) is 0 Å². The van der Waals surface area contributed by atoms with Crippen molar-refractivity contribution in [3.05, 3.63) is 59.7 Å². The quantitative estimate of drug-likeness (QED) is 0.668. The van der Waals surface area contributed by atoms with Crippen LogP contribution >= 0.6 is 0 Å². The molecule has 81 valence electrons. The molecule has 0 bridgehead atoms. The average Bonchev–Trinajstić information content (AvgIpc) is 2.73. The first-order valence-electron chi connectivity index (χ1n) is 6.01. The molecule has 1 unspecified atom stereocenters. The molecule has 3 rings (SSSR count). The minimum absolute atomic E-state index is 0. The van der Waals surface area contributed by atoms with Gasteiger partial charge in [0.05, 0.1) is 0 Å². The van der Waals surface area contributed by atoms with E-state index in [2.05, 4.69) is 55.5 Å². The van der Waals surface area contributed by atoms with E-state index in [0.29, 0.717) is 5.92 Å². The first-order chi connectivity index (χ1) is 7.90. The van der Waals surface area contributed by atoms with Gasteiger partial charge in [0.15, 0.2) is 0 Å². The van der Waals surface area contributed by atoms with Crippen molar-refractivity contribution in [3.63, 3.8) is 0 Å². The van der Waals surface area contributed by atoms with Crippen molar-refractivity contribution < 1.29 is 0 Å². The first-order valence-corrected chi connectivity index (χ1v) is 6.01. The molecule has 0 heterocycles. The molecule has 2 aromatic carbocycles. The van der Waals surface area contributed by atoms with Gasteiger partial charge in [0.25, 0.3) is 0 Å². The van der Waals surface area contributed by atoms with Crippen LogP contribution in [0.15, 0.2) is 42.5 Å². The molecule has 0 N–H and O–H groups in total. The van der Waals surface area contributed by atoms with Crippen molar-refractivity contribution in [3.8, 4) is 0 Å². The third-order valence-electron chi connectivity index (χ3n) is 3.39. The Morgan fingerprint density at radius 3 is 2.76 bits per heavy atom. The first kappa shape index (κ1) is 12.5. The predicted molar refractivity (Wildman–Crippen MR) is 75.7 cm³/mol. The SMILES string of the molecule is CCCC1C=[C]c2c1ccc1ccccc21.[LiH]. The molecule has 2 aromatic rings. The average molecular weight is 215 g/mol. The van der Waals surface area contributed by atoms with Crippen LogP contribution in [0.3, 0.4) is 0 Å². The zero-order chi connectivity index (χ0) is 11.0. The van der Waals surface area contributed by atoms with Crippen LogP contribution in [0.1, 0.15) is 36.8 Å². The summed E-state index contributed by atoms with van der Waals surface area (Å²) in [6, 6.07) is 13.1. The van der Waals surface area contributed by atoms with Gasteiger partial charge >= 0.3 is 18.9 Å². The van der Waals surface area contributed by atoms with E-state index in [-0.39, 0.29) is 18.9 Å². The number of hydrogen-bond acceptors (Lipinski definition) is 0. The minimum atomic E-state index is 0. The summed E-state index contributed by atoms with van der Waals surface area (Å²) in [5.74, 6) is 0.588. The Labute approximate surface area is 115 Å². The Kier molecular flexibility index (Phi) is 3.77. The van der Waals surface area contributed by atoms with E-state index in [1.807, 2.05) is 0 Å². The normalized spacial score (nSPS) is 16.9. The molecule has 0 fully saturated rings. The molecule has 0 spiro atoms. The Bertz CT molecular complexity index is 554. The summed E-state index contributed by atoms with van der Waals surface area (Å²) in [5.41, 5.74) is 2.78. The van der Waals surface area contributed by atoms with Gasteiger partial charge in [-0.25, -0.2) is 0 Å². The van der Waals surface area contributed by atoms with Crippen LogP contribution in [-0.4, -0.2) is 18.9 Å². The summed E-state index contributed by atoms with van der Waals surface area (Å²) in [5, 5.41) is 2.66.